The molecule has 2 heterocycles. The van der Waals surface area contributed by atoms with Crippen molar-refractivity contribution >= 4 is 11.6 Å². The van der Waals surface area contributed by atoms with Gasteiger partial charge in [0.05, 0.1) is 19.4 Å². The molecule has 0 aromatic heterocycles. The Morgan fingerprint density at radius 2 is 1.64 bits per heavy atom. The standard InChI is InChI=1S/C25H32FN3O3.CH4.H2/c26-20-6-10-22(11-7-20)32-23-12-8-21(9-13-23)27-25(30)24-5-4-16-29(24)19-31-18-17-28-14-2-1-3-15-28;;/h6-13,24H,1-5,14-19H2,(H,27,30);1H4;1H/t24-;;/m0../s1. The van der Waals surface area contributed by atoms with Gasteiger partial charge in [-0.25, -0.2) is 4.39 Å². The molecule has 0 saturated carbocycles. The number of nitrogens with zero attached hydrogens (tertiary/aromatic N) is 2. The molecule has 0 aliphatic carbocycles. The number of benzene rings is 2. The van der Waals surface area contributed by atoms with E-state index in [0.717, 1.165) is 31.6 Å². The number of hydrogen-bond donors (Lipinski definition) is 1. The van der Waals surface area contributed by atoms with E-state index >= 15 is 0 Å². The molecule has 2 aromatic rings. The smallest absolute Gasteiger partial charge is 0.241 e. The van der Waals surface area contributed by atoms with Crippen molar-refractivity contribution in [1.82, 2.24) is 9.80 Å². The number of carbonyl (C=O) groups is 1. The fourth-order valence-electron chi connectivity index (χ4n) is 4.31. The van der Waals surface area contributed by atoms with Crippen molar-refractivity contribution in [2.45, 2.75) is 45.6 Å². The van der Waals surface area contributed by atoms with Crippen LogP contribution in [0, 0.1) is 5.82 Å². The maximum Gasteiger partial charge on any atom is 0.241 e. The van der Waals surface area contributed by atoms with Gasteiger partial charge < -0.3 is 19.7 Å². The first kappa shape index (κ1) is 25.1. The molecule has 1 atom stereocenters. The van der Waals surface area contributed by atoms with Crippen molar-refractivity contribution in [1.29, 1.82) is 0 Å². The van der Waals surface area contributed by atoms with E-state index in [0.29, 0.717) is 24.8 Å². The van der Waals surface area contributed by atoms with Crippen LogP contribution in [-0.4, -0.2) is 61.3 Å². The molecule has 4 rings (SSSR count). The van der Waals surface area contributed by atoms with Crippen LogP contribution in [0.5, 0.6) is 11.5 Å². The topological polar surface area (TPSA) is 54.0 Å². The summed E-state index contributed by atoms with van der Waals surface area (Å²) in [4.78, 5) is 17.4. The van der Waals surface area contributed by atoms with E-state index in [1.54, 1.807) is 24.3 Å². The molecule has 0 spiro atoms. The highest BCUT2D eigenvalue weighted by Gasteiger charge is 2.30. The van der Waals surface area contributed by atoms with E-state index in [9.17, 15) is 9.18 Å². The van der Waals surface area contributed by atoms with Crippen LogP contribution in [0.1, 0.15) is 41.0 Å². The first-order valence-corrected chi connectivity index (χ1v) is 11.6. The summed E-state index contributed by atoms with van der Waals surface area (Å²) in [6, 6.07) is 12.9. The van der Waals surface area contributed by atoms with Gasteiger partial charge in [0.25, 0.3) is 0 Å². The lowest BCUT2D eigenvalue weighted by atomic mass is 10.1. The molecule has 7 heteroatoms. The van der Waals surface area contributed by atoms with Crippen LogP contribution >= 0.6 is 0 Å². The summed E-state index contributed by atoms with van der Waals surface area (Å²) in [5, 5.41) is 3.00. The number of hydrogen-bond acceptors (Lipinski definition) is 5. The molecular formula is C26H38FN3O3. The Morgan fingerprint density at radius 3 is 2.33 bits per heavy atom. The number of anilines is 1. The minimum Gasteiger partial charge on any atom is -0.457 e. The van der Waals surface area contributed by atoms with Crippen LogP contribution in [0.15, 0.2) is 48.5 Å². The zero-order valence-corrected chi connectivity index (χ0v) is 18.5. The van der Waals surface area contributed by atoms with Crippen LogP contribution in [0.25, 0.3) is 0 Å². The number of likely N-dealkylation sites (tertiary alicyclic amines) is 2. The van der Waals surface area contributed by atoms with Crippen LogP contribution in [-0.2, 0) is 9.53 Å². The number of piperidine rings is 1. The van der Waals surface area contributed by atoms with Gasteiger partial charge in [-0.3, -0.25) is 9.69 Å². The maximum atomic E-state index is 13.0. The van der Waals surface area contributed by atoms with Crippen molar-refractivity contribution in [3.8, 4) is 11.5 Å². The highest BCUT2D eigenvalue weighted by Crippen LogP contribution is 2.24. The number of ether oxygens (including phenoxy) is 2. The predicted molar refractivity (Wildman–Crippen MR) is 131 cm³/mol. The molecule has 2 fully saturated rings. The second-order valence-corrected chi connectivity index (χ2v) is 8.48. The predicted octanol–water partition coefficient (Wildman–Crippen LogP) is 5.36. The van der Waals surface area contributed by atoms with E-state index in [2.05, 4.69) is 15.1 Å². The average molecular weight is 460 g/mol. The molecule has 2 aromatic carbocycles. The third-order valence-electron chi connectivity index (χ3n) is 6.10. The maximum absolute atomic E-state index is 13.0. The number of amides is 1. The first-order valence-electron chi connectivity index (χ1n) is 11.6. The summed E-state index contributed by atoms with van der Waals surface area (Å²) in [7, 11) is 0. The van der Waals surface area contributed by atoms with Crippen molar-refractivity contribution < 1.29 is 20.1 Å². The molecule has 2 saturated heterocycles. The van der Waals surface area contributed by atoms with Crippen LogP contribution < -0.4 is 10.1 Å². The Labute approximate surface area is 198 Å². The molecule has 2 aliphatic heterocycles. The number of nitrogens with one attached hydrogen (secondary N) is 1. The van der Waals surface area contributed by atoms with Gasteiger partial charge >= 0.3 is 0 Å². The minimum atomic E-state index is -0.302. The largest absolute Gasteiger partial charge is 0.457 e. The van der Waals surface area contributed by atoms with Gasteiger partial charge in [-0.2, -0.15) is 0 Å². The molecule has 1 N–H and O–H groups in total. The van der Waals surface area contributed by atoms with Gasteiger partial charge in [0, 0.05) is 20.2 Å². The molecule has 0 bridgehead atoms. The molecule has 6 nitrogen and oxygen atoms in total. The zero-order valence-electron chi connectivity index (χ0n) is 18.5. The molecule has 2 aliphatic rings. The Hall–Kier alpha value is -2.48. The second-order valence-electron chi connectivity index (χ2n) is 8.48. The number of rotatable bonds is 9. The molecule has 33 heavy (non-hydrogen) atoms. The monoisotopic (exact) mass is 459 g/mol. The normalized spacial score (nSPS) is 19.1. The van der Waals surface area contributed by atoms with E-state index < -0.39 is 0 Å². The van der Waals surface area contributed by atoms with Crippen LogP contribution in [0.3, 0.4) is 0 Å². The van der Waals surface area contributed by atoms with E-state index in [-0.39, 0.29) is 26.6 Å². The second kappa shape index (κ2) is 12.7. The Bertz CT molecular complexity index is 861. The summed E-state index contributed by atoms with van der Waals surface area (Å²) in [6.07, 6.45) is 5.75. The van der Waals surface area contributed by atoms with Gasteiger partial charge in [-0.05, 0) is 87.3 Å². The first-order chi connectivity index (χ1) is 15.7. The van der Waals surface area contributed by atoms with Crippen molar-refractivity contribution in [2.75, 3.05) is 44.8 Å². The highest BCUT2D eigenvalue weighted by molar-refractivity contribution is 5.95. The van der Waals surface area contributed by atoms with E-state index in [4.69, 9.17) is 9.47 Å². The summed E-state index contributed by atoms with van der Waals surface area (Å²) < 4.78 is 24.6. The summed E-state index contributed by atoms with van der Waals surface area (Å²) in [5.41, 5.74) is 0.722. The molecular weight excluding hydrogens is 421 g/mol. The summed E-state index contributed by atoms with van der Waals surface area (Å²) >= 11 is 0. The number of halogens is 1. The van der Waals surface area contributed by atoms with Crippen molar-refractivity contribution in [2.24, 2.45) is 0 Å². The fraction of sp³-hybridized carbons (Fsp3) is 0.500. The van der Waals surface area contributed by atoms with Gasteiger partial charge in [0.1, 0.15) is 17.3 Å². The van der Waals surface area contributed by atoms with Crippen LogP contribution in [0.4, 0.5) is 10.1 Å². The highest BCUT2D eigenvalue weighted by atomic mass is 19.1. The van der Waals surface area contributed by atoms with Crippen molar-refractivity contribution in [3.63, 3.8) is 0 Å². The average Bonchev–Trinajstić information content (AvgIpc) is 3.29. The van der Waals surface area contributed by atoms with Gasteiger partial charge in [0.2, 0.25) is 5.91 Å². The quantitative estimate of drug-likeness (QED) is 0.512. The van der Waals surface area contributed by atoms with Gasteiger partial charge in [-0.15, -0.1) is 0 Å². The Kier molecular flexibility index (Phi) is 9.66. The zero-order chi connectivity index (χ0) is 22.2. The molecule has 0 unspecified atom stereocenters. The minimum absolute atomic E-state index is 0. The van der Waals surface area contributed by atoms with Gasteiger partial charge in [-0.1, -0.05) is 13.8 Å². The lowest BCUT2D eigenvalue weighted by Gasteiger charge is -2.27. The summed E-state index contributed by atoms with van der Waals surface area (Å²) in [5.74, 6) is 0.877. The van der Waals surface area contributed by atoms with E-state index in [1.807, 2.05) is 12.1 Å². The Balaban J connectivity index is 0.00000204. The third kappa shape index (κ3) is 7.52. The van der Waals surface area contributed by atoms with Crippen LogP contribution in [0.2, 0.25) is 0 Å². The van der Waals surface area contributed by atoms with Gasteiger partial charge in [0.15, 0.2) is 0 Å². The fourth-order valence-corrected chi connectivity index (χ4v) is 4.31. The number of carbonyl (C=O) groups excluding carboxylic acids is 1. The lowest BCUT2D eigenvalue weighted by molar-refractivity contribution is -0.122. The molecule has 0 radical (unpaired) electrons. The lowest BCUT2D eigenvalue weighted by Crippen LogP contribution is -2.41. The van der Waals surface area contributed by atoms with E-state index in [1.165, 1.54) is 44.5 Å². The van der Waals surface area contributed by atoms with Crippen molar-refractivity contribution in [3.05, 3.63) is 54.3 Å². The molecule has 182 valence electrons. The Morgan fingerprint density at radius 1 is 0.970 bits per heavy atom. The third-order valence-corrected chi connectivity index (χ3v) is 6.10. The molecule has 1 amide bonds. The summed E-state index contributed by atoms with van der Waals surface area (Å²) in [6.45, 7) is 5.40. The SMILES string of the molecule is C.O=C(Nc1ccc(Oc2ccc(F)cc2)cc1)[C@@H]1CCCN1COCCN1CCCCC1.[HH].